The van der Waals surface area contributed by atoms with Gasteiger partial charge in [0.25, 0.3) is 5.91 Å². The van der Waals surface area contributed by atoms with Crippen molar-refractivity contribution < 1.29 is 9.59 Å². The summed E-state index contributed by atoms with van der Waals surface area (Å²) >= 11 is 1.41. The molecule has 0 saturated heterocycles. The topological polar surface area (TPSA) is 71.1 Å². The first-order valence-electron chi connectivity index (χ1n) is 8.42. The van der Waals surface area contributed by atoms with Crippen LogP contribution in [0.4, 0.5) is 0 Å². The highest BCUT2D eigenvalue weighted by atomic mass is 32.2. The molecule has 0 bridgehead atoms. The van der Waals surface area contributed by atoms with Gasteiger partial charge in [-0.3, -0.25) is 25.4 Å². The quantitative estimate of drug-likeness (QED) is 0.406. The molecule has 1 heterocycles. The number of nitrogens with one attached hydrogen (secondary N) is 2. The van der Waals surface area contributed by atoms with Crippen LogP contribution in [0.5, 0.6) is 0 Å². The molecule has 0 aliphatic heterocycles. The van der Waals surface area contributed by atoms with Crippen LogP contribution in [0.3, 0.4) is 0 Å². The van der Waals surface area contributed by atoms with Gasteiger partial charge in [0.1, 0.15) is 0 Å². The number of fused-ring (bicyclic) bond motifs is 1. The molecule has 27 heavy (non-hydrogen) atoms. The molecular weight excluding hydrogens is 358 g/mol. The predicted molar refractivity (Wildman–Crippen MR) is 109 cm³/mol. The molecular formula is C21H19N3O2S. The summed E-state index contributed by atoms with van der Waals surface area (Å²) in [6.45, 7) is 2.01. The molecule has 0 saturated carbocycles. The van der Waals surface area contributed by atoms with E-state index in [2.05, 4.69) is 15.8 Å². The summed E-state index contributed by atoms with van der Waals surface area (Å²) < 4.78 is 0. The summed E-state index contributed by atoms with van der Waals surface area (Å²) in [7, 11) is 0. The third kappa shape index (κ3) is 5.43. The second kappa shape index (κ2) is 9.00. The maximum absolute atomic E-state index is 11.9. The Morgan fingerprint density at radius 3 is 2.63 bits per heavy atom. The number of aryl methyl sites for hydroxylation is 1. The Hall–Kier alpha value is -3.12. The molecule has 2 aromatic carbocycles. The van der Waals surface area contributed by atoms with Crippen molar-refractivity contribution in [3.63, 3.8) is 0 Å². The zero-order valence-corrected chi connectivity index (χ0v) is 15.6. The maximum Gasteiger partial charge on any atom is 0.262 e. The monoisotopic (exact) mass is 377 g/mol. The number of hydrogen-bond acceptors (Lipinski definition) is 4. The summed E-state index contributed by atoms with van der Waals surface area (Å²) in [4.78, 5) is 29.1. The Labute approximate surface area is 161 Å². The Morgan fingerprint density at radius 2 is 1.81 bits per heavy atom. The number of hydrogen-bond donors (Lipinski definition) is 2. The lowest BCUT2D eigenvalue weighted by Gasteiger charge is -2.05. The van der Waals surface area contributed by atoms with E-state index in [0.29, 0.717) is 0 Å². The van der Waals surface area contributed by atoms with Gasteiger partial charge in [0.05, 0.1) is 11.3 Å². The minimum atomic E-state index is -0.406. The fourth-order valence-corrected chi connectivity index (χ4v) is 3.12. The second-order valence-electron chi connectivity index (χ2n) is 5.89. The maximum atomic E-state index is 11.9. The molecule has 3 aromatic rings. The van der Waals surface area contributed by atoms with Gasteiger partial charge in [0, 0.05) is 28.1 Å². The van der Waals surface area contributed by atoms with E-state index in [9.17, 15) is 9.59 Å². The average molecular weight is 377 g/mol. The molecule has 6 heteroatoms. The lowest BCUT2D eigenvalue weighted by molar-refractivity contribution is -0.125. The van der Waals surface area contributed by atoms with Crippen LogP contribution in [0.25, 0.3) is 17.0 Å². The number of pyridine rings is 1. The number of nitrogens with zero attached hydrogens (tertiary/aromatic N) is 1. The highest BCUT2D eigenvalue weighted by Crippen LogP contribution is 2.18. The highest BCUT2D eigenvalue weighted by Gasteiger charge is 2.04. The van der Waals surface area contributed by atoms with Gasteiger partial charge in [-0.15, -0.1) is 11.8 Å². The number of thioether (sulfide) groups is 1. The highest BCUT2D eigenvalue weighted by molar-refractivity contribution is 8.00. The smallest absolute Gasteiger partial charge is 0.262 e. The van der Waals surface area contributed by atoms with Gasteiger partial charge >= 0.3 is 0 Å². The first-order chi connectivity index (χ1) is 13.1. The molecule has 0 atom stereocenters. The van der Waals surface area contributed by atoms with E-state index < -0.39 is 5.91 Å². The van der Waals surface area contributed by atoms with E-state index >= 15 is 0 Å². The molecule has 1 aromatic heterocycles. The van der Waals surface area contributed by atoms with Gasteiger partial charge in [0.2, 0.25) is 5.91 Å². The number of hydrazine groups is 1. The van der Waals surface area contributed by atoms with Crippen LogP contribution in [0.1, 0.15) is 11.1 Å². The minimum absolute atomic E-state index is 0.223. The Kier molecular flexibility index (Phi) is 6.22. The van der Waals surface area contributed by atoms with E-state index in [0.717, 1.165) is 21.4 Å². The molecule has 0 aliphatic carbocycles. The lowest BCUT2D eigenvalue weighted by Crippen LogP contribution is -2.41. The van der Waals surface area contributed by atoms with E-state index in [1.165, 1.54) is 23.4 Å². The molecule has 2 amide bonds. The van der Waals surface area contributed by atoms with Gasteiger partial charge in [-0.05, 0) is 31.2 Å². The first-order valence-corrected chi connectivity index (χ1v) is 9.40. The van der Waals surface area contributed by atoms with Crippen molar-refractivity contribution in [1.29, 1.82) is 0 Å². The predicted octanol–water partition coefficient (Wildman–Crippen LogP) is 3.50. The van der Waals surface area contributed by atoms with Gasteiger partial charge in [-0.25, -0.2) is 0 Å². The Bertz CT molecular complexity index is 979. The molecule has 0 radical (unpaired) electrons. The van der Waals surface area contributed by atoms with Crippen molar-refractivity contribution in [3.05, 3.63) is 78.0 Å². The van der Waals surface area contributed by atoms with Crippen molar-refractivity contribution in [2.75, 3.05) is 5.75 Å². The third-order valence-electron chi connectivity index (χ3n) is 3.79. The summed E-state index contributed by atoms with van der Waals surface area (Å²) in [6.07, 6.45) is 4.76. The number of carbonyl (C=O) groups is 2. The molecule has 0 fully saturated rings. The van der Waals surface area contributed by atoms with Crippen LogP contribution < -0.4 is 10.9 Å². The molecule has 0 spiro atoms. The first kappa shape index (κ1) is 18.7. The van der Waals surface area contributed by atoms with Crippen LogP contribution >= 0.6 is 11.8 Å². The Morgan fingerprint density at radius 1 is 1.04 bits per heavy atom. The number of aromatic nitrogens is 1. The summed E-state index contributed by atoms with van der Waals surface area (Å²) in [5.74, 6) is -0.453. The van der Waals surface area contributed by atoms with Crippen molar-refractivity contribution >= 4 is 40.6 Å². The van der Waals surface area contributed by atoms with E-state index in [4.69, 9.17) is 0 Å². The van der Waals surface area contributed by atoms with E-state index in [1.807, 2.05) is 61.5 Å². The average Bonchev–Trinajstić information content (AvgIpc) is 2.70. The molecule has 0 aliphatic rings. The van der Waals surface area contributed by atoms with Crippen LogP contribution in [-0.2, 0) is 9.59 Å². The molecule has 2 N–H and O–H groups in total. The molecule has 3 rings (SSSR count). The van der Waals surface area contributed by atoms with Crippen LogP contribution in [0, 0.1) is 6.92 Å². The van der Waals surface area contributed by atoms with Crippen molar-refractivity contribution in [3.8, 4) is 0 Å². The Balaban J connectivity index is 1.49. The number of carbonyl (C=O) groups excluding carboxylic acids is 2. The van der Waals surface area contributed by atoms with Crippen LogP contribution in [-0.4, -0.2) is 22.6 Å². The standard InChI is InChI=1S/C21H19N3O2S/c1-15-7-10-18(11-8-15)27-14-20(26)24-23-19(25)12-9-17-5-2-4-16-6-3-13-22-21(16)17/h2-13H,14H2,1H3,(H,23,25)(H,24,26)/b12-9+. The van der Waals surface area contributed by atoms with Gasteiger partial charge in [-0.1, -0.05) is 42.0 Å². The van der Waals surface area contributed by atoms with Crippen molar-refractivity contribution in [2.45, 2.75) is 11.8 Å². The number of amides is 2. The SMILES string of the molecule is Cc1ccc(SCC(=O)NNC(=O)/C=C/c2cccc3cccnc23)cc1. The van der Waals surface area contributed by atoms with Gasteiger partial charge in [0.15, 0.2) is 0 Å². The summed E-state index contributed by atoms with van der Waals surface area (Å²) in [6, 6.07) is 17.5. The molecule has 136 valence electrons. The normalized spacial score (nSPS) is 10.9. The van der Waals surface area contributed by atoms with E-state index in [1.54, 1.807) is 12.3 Å². The number of para-hydroxylation sites is 1. The van der Waals surface area contributed by atoms with Gasteiger partial charge in [-0.2, -0.15) is 0 Å². The minimum Gasteiger partial charge on any atom is -0.272 e. The fraction of sp³-hybridized carbons (Fsp3) is 0.0952. The fourth-order valence-electron chi connectivity index (χ4n) is 2.42. The zero-order chi connectivity index (χ0) is 19.1. The van der Waals surface area contributed by atoms with E-state index in [-0.39, 0.29) is 11.7 Å². The lowest BCUT2D eigenvalue weighted by atomic mass is 10.1. The van der Waals surface area contributed by atoms with Crippen LogP contribution in [0.15, 0.2) is 71.8 Å². The molecule has 5 nitrogen and oxygen atoms in total. The largest absolute Gasteiger partial charge is 0.272 e. The summed E-state index contributed by atoms with van der Waals surface area (Å²) in [5.41, 5.74) is 7.63. The van der Waals surface area contributed by atoms with Crippen LogP contribution in [0.2, 0.25) is 0 Å². The van der Waals surface area contributed by atoms with Crippen molar-refractivity contribution in [2.24, 2.45) is 0 Å². The molecule has 0 unspecified atom stereocenters. The van der Waals surface area contributed by atoms with Crippen molar-refractivity contribution in [1.82, 2.24) is 15.8 Å². The second-order valence-corrected chi connectivity index (χ2v) is 6.94. The number of benzene rings is 2. The zero-order valence-electron chi connectivity index (χ0n) is 14.8. The summed E-state index contributed by atoms with van der Waals surface area (Å²) in [5, 5.41) is 1.00. The number of rotatable bonds is 5. The van der Waals surface area contributed by atoms with Gasteiger partial charge < -0.3 is 0 Å². The third-order valence-corrected chi connectivity index (χ3v) is 4.81.